The lowest BCUT2D eigenvalue weighted by molar-refractivity contribution is -0.146. The summed E-state index contributed by atoms with van der Waals surface area (Å²) >= 11 is 0. The molecule has 8 nitrogen and oxygen atoms in total. The van der Waals surface area contributed by atoms with Gasteiger partial charge in [0.1, 0.15) is 0 Å². The summed E-state index contributed by atoms with van der Waals surface area (Å²) in [4.78, 5) is 37.5. The molecule has 2 amide bonds. The van der Waals surface area contributed by atoms with Gasteiger partial charge in [0.2, 0.25) is 0 Å². The summed E-state index contributed by atoms with van der Waals surface area (Å²) in [6.07, 6.45) is 2.83. The van der Waals surface area contributed by atoms with Crippen LogP contribution in [0.2, 0.25) is 0 Å². The van der Waals surface area contributed by atoms with Gasteiger partial charge in [-0.2, -0.15) is 5.10 Å². The Morgan fingerprint density at radius 2 is 1.92 bits per heavy atom. The molecular weight excluding hydrogens is 336 g/mol. The van der Waals surface area contributed by atoms with Crippen molar-refractivity contribution in [2.45, 2.75) is 26.3 Å². The van der Waals surface area contributed by atoms with Crippen molar-refractivity contribution >= 4 is 23.5 Å². The number of aliphatic carboxylic acids is 1. The van der Waals surface area contributed by atoms with Crippen LogP contribution in [-0.4, -0.2) is 51.2 Å². The Bertz CT molecular complexity index is 841. The third kappa shape index (κ3) is 3.90. The van der Waals surface area contributed by atoms with E-state index in [-0.39, 0.29) is 5.91 Å². The number of nitrogens with one attached hydrogen (secondary N) is 1. The highest BCUT2D eigenvalue weighted by atomic mass is 16.4. The first kappa shape index (κ1) is 19.2. The molecule has 0 unspecified atom stereocenters. The number of amides is 2. The van der Waals surface area contributed by atoms with Crippen LogP contribution in [0.15, 0.2) is 36.7 Å². The number of carboxylic acids is 1. The molecule has 0 bridgehead atoms. The molecule has 2 N–H and O–H groups in total. The van der Waals surface area contributed by atoms with E-state index in [0.717, 1.165) is 0 Å². The van der Waals surface area contributed by atoms with Crippen molar-refractivity contribution in [3.8, 4) is 0 Å². The number of hydrogen-bond acceptors (Lipinski definition) is 4. The van der Waals surface area contributed by atoms with Crippen molar-refractivity contribution in [1.29, 1.82) is 0 Å². The van der Waals surface area contributed by atoms with E-state index in [1.807, 2.05) is 6.92 Å². The molecule has 0 saturated carbocycles. The zero-order valence-corrected chi connectivity index (χ0v) is 15.2. The van der Waals surface area contributed by atoms with Gasteiger partial charge in [-0.3, -0.25) is 14.3 Å². The summed E-state index contributed by atoms with van der Waals surface area (Å²) in [5.74, 6) is -1.62. The lowest BCUT2D eigenvalue weighted by atomic mass is 10.1. The van der Waals surface area contributed by atoms with Crippen LogP contribution >= 0.6 is 0 Å². The van der Waals surface area contributed by atoms with Crippen molar-refractivity contribution in [3.05, 3.63) is 47.8 Å². The van der Waals surface area contributed by atoms with E-state index >= 15 is 0 Å². The number of nitrogens with zero attached hydrogens (tertiary/aromatic N) is 3. The normalized spacial score (nSPS) is 11.1. The number of carboxylic acid groups (broad SMARTS) is 1. The van der Waals surface area contributed by atoms with Crippen LogP contribution in [0, 0.1) is 0 Å². The molecule has 1 aromatic carbocycles. The van der Waals surface area contributed by atoms with Gasteiger partial charge in [-0.25, -0.2) is 4.79 Å². The smallest absolute Gasteiger partial charge is 0.331 e. The van der Waals surface area contributed by atoms with E-state index in [9.17, 15) is 19.5 Å². The monoisotopic (exact) mass is 358 g/mol. The topological polar surface area (TPSA) is 105 Å². The van der Waals surface area contributed by atoms with Crippen molar-refractivity contribution in [2.24, 2.45) is 0 Å². The second-order valence-electron chi connectivity index (χ2n) is 6.39. The SMILES string of the molecule is CCN(C)C(=O)c1cccc(C(=O)Nc2cnn(C(C)(C)C(=O)O)c2)c1. The van der Waals surface area contributed by atoms with Crippen molar-refractivity contribution in [1.82, 2.24) is 14.7 Å². The molecule has 0 spiro atoms. The fourth-order valence-corrected chi connectivity index (χ4v) is 2.15. The average molecular weight is 358 g/mol. The third-order valence-corrected chi connectivity index (χ3v) is 4.13. The Balaban J connectivity index is 2.17. The number of hydrogen-bond donors (Lipinski definition) is 2. The Kier molecular flexibility index (Phi) is 5.44. The summed E-state index contributed by atoms with van der Waals surface area (Å²) in [5, 5.41) is 15.9. The fourth-order valence-electron chi connectivity index (χ4n) is 2.15. The largest absolute Gasteiger partial charge is 0.479 e. The molecule has 2 rings (SSSR count). The zero-order chi connectivity index (χ0) is 19.5. The molecule has 138 valence electrons. The number of anilines is 1. The minimum Gasteiger partial charge on any atom is -0.479 e. The molecule has 0 saturated heterocycles. The minimum absolute atomic E-state index is 0.168. The predicted molar refractivity (Wildman–Crippen MR) is 96.2 cm³/mol. The van der Waals surface area contributed by atoms with E-state index in [0.29, 0.717) is 23.4 Å². The molecular formula is C18H22N4O4. The number of benzene rings is 1. The predicted octanol–water partition coefficient (Wildman–Crippen LogP) is 2.05. The average Bonchev–Trinajstić information content (AvgIpc) is 3.09. The molecule has 26 heavy (non-hydrogen) atoms. The van der Waals surface area contributed by atoms with E-state index < -0.39 is 17.4 Å². The van der Waals surface area contributed by atoms with Crippen molar-refractivity contribution < 1.29 is 19.5 Å². The van der Waals surface area contributed by atoms with Gasteiger partial charge in [0.25, 0.3) is 11.8 Å². The highest BCUT2D eigenvalue weighted by Gasteiger charge is 2.30. The third-order valence-electron chi connectivity index (χ3n) is 4.13. The zero-order valence-electron chi connectivity index (χ0n) is 15.2. The summed E-state index contributed by atoms with van der Waals surface area (Å²) in [5.41, 5.74) is -0.123. The van der Waals surface area contributed by atoms with E-state index in [4.69, 9.17) is 0 Å². The Hall–Kier alpha value is -3.16. The molecule has 0 atom stereocenters. The van der Waals surface area contributed by atoms with Gasteiger partial charge in [-0.05, 0) is 39.0 Å². The molecule has 0 fully saturated rings. The number of rotatable bonds is 6. The lowest BCUT2D eigenvalue weighted by Gasteiger charge is -2.19. The lowest BCUT2D eigenvalue weighted by Crippen LogP contribution is -2.35. The van der Waals surface area contributed by atoms with Crippen LogP contribution in [0.1, 0.15) is 41.5 Å². The van der Waals surface area contributed by atoms with Crippen molar-refractivity contribution in [2.75, 3.05) is 18.9 Å². The first-order valence-electron chi connectivity index (χ1n) is 8.12. The highest BCUT2D eigenvalue weighted by Crippen LogP contribution is 2.18. The molecule has 8 heteroatoms. The van der Waals surface area contributed by atoms with Gasteiger partial charge in [0, 0.05) is 30.9 Å². The molecule has 0 aliphatic heterocycles. The standard InChI is InChI=1S/C18H22N4O4/c1-5-21(4)16(24)13-8-6-7-12(9-13)15(23)20-14-10-19-22(11-14)18(2,3)17(25)26/h6-11H,5H2,1-4H3,(H,20,23)(H,25,26). The summed E-state index contributed by atoms with van der Waals surface area (Å²) in [7, 11) is 1.69. The van der Waals surface area contributed by atoms with Crippen LogP contribution < -0.4 is 5.32 Å². The van der Waals surface area contributed by atoms with Gasteiger partial charge in [-0.15, -0.1) is 0 Å². The van der Waals surface area contributed by atoms with E-state index in [1.165, 1.54) is 37.0 Å². The van der Waals surface area contributed by atoms with Crippen LogP contribution in [0.3, 0.4) is 0 Å². The first-order valence-corrected chi connectivity index (χ1v) is 8.12. The maximum atomic E-state index is 12.4. The fraction of sp³-hybridized carbons (Fsp3) is 0.333. The molecule has 0 radical (unpaired) electrons. The molecule has 1 heterocycles. The minimum atomic E-state index is -1.24. The molecule has 2 aromatic rings. The van der Waals surface area contributed by atoms with Gasteiger partial charge in [0.15, 0.2) is 5.54 Å². The highest BCUT2D eigenvalue weighted by molar-refractivity contribution is 6.06. The maximum Gasteiger partial charge on any atom is 0.331 e. The van der Waals surface area contributed by atoms with E-state index in [1.54, 1.807) is 30.1 Å². The molecule has 0 aliphatic carbocycles. The van der Waals surface area contributed by atoms with Gasteiger partial charge in [-0.1, -0.05) is 6.07 Å². The quantitative estimate of drug-likeness (QED) is 0.822. The van der Waals surface area contributed by atoms with Crippen LogP contribution in [0.25, 0.3) is 0 Å². The van der Waals surface area contributed by atoms with Gasteiger partial charge < -0.3 is 15.3 Å². The second-order valence-corrected chi connectivity index (χ2v) is 6.39. The first-order chi connectivity index (χ1) is 12.2. The van der Waals surface area contributed by atoms with Crippen molar-refractivity contribution in [3.63, 3.8) is 0 Å². The Morgan fingerprint density at radius 1 is 1.27 bits per heavy atom. The van der Waals surface area contributed by atoms with Crippen LogP contribution in [-0.2, 0) is 10.3 Å². The van der Waals surface area contributed by atoms with E-state index in [2.05, 4.69) is 10.4 Å². The number of aromatic nitrogens is 2. The molecule has 1 aromatic heterocycles. The number of carbonyl (C=O) groups is 3. The van der Waals surface area contributed by atoms with Crippen LogP contribution in [0.4, 0.5) is 5.69 Å². The van der Waals surface area contributed by atoms with Gasteiger partial charge in [0.05, 0.1) is 11.9 Å². The van der Waals surface area contributed by atoms with Gasteiger partial charge >= 0.3 is 5.97 Å². The second kappa shape index (κ2) is 7.38. The summed E-state index contributed by atoms with van der Waals surface area (Å²) < 4.78 is 1.26. The maximum absolute atomic E-state index is 12.4. The Labute approximate surface area is 151 Å². The summed E-state index contributed by atoms with van der Waals surface area (Å²) in [6.45, 7) is 5.44. The van der Waals surface area contributed by atoms with Crippen LogP contribution in [0.5, 0.6) is 0 Å². The summed E-state index contributed by atoms with van der Waals surface area (Å²) in [6, 6.07) is 6.42. The number of carbonyl (C=O) groups excluding carboxylic acids is 2. The molecule has 0 aliphatic rings. The Morgan fingerprint density at radius 3 is 2.54 bits per heavy atom.